The van der Waals surface area contributed by atoms with Crippen LogP contribution in [0, 0.1) is 11.8 Å². The Bertz CT molecular complexity index is 678. The van der Waals surface area contributed by atoms with Gasteiger partial charge in [-0.05, 0) is 38.1 Å². The van der Waals surface area contributed by atoms with Crippen molar-refractivity contribution in [3.63, 3.8) is 0 Å². The maximum atomic E-state index is 12.8. The second-order valence-electron chi connectivity index (χ2n) is 5.01. The highest BCUT2D eigenvalue weighted by molar-refractivity contribution is 5.97. The number of rotatable bonds is 7. The molecule has 0 heterocycles. The summed E-state index contributed by atoms with van der Waals surface area (Å²) in [6.07, 6.45) is -4.89. The Labute approximate surface area is 148 Å². The number of carbonyl (C=O) groups excluding carboxylic acids is 2. The third kappa shape index (κ3) is 6.29. The first-order chi connectivity index (χ1) is 12.2. The molecule has 0 saturated heterocycles. The van der Waals surface area contributed by atoms with Gasteiger partial charge < -0.3 is 20.5 Å². The zero-order valence-electron chi connectivity index (χ0n) is 14.2. The van der Waals surface area contributed by atoms with Gasteiger partial charge >= 0.3 is 12.1 Å². The van der Waals surface area contributed by atoms with Gasteiger partial charge in [-0.3, -0.25) is 4.79 Å². The van der Waals surface area contributed by atoms with Gasteiger partial charge in [0.25, 0.3) is 5.91 Å². The van der Waals surface area contributed by atoms with Crippen LogP contribution in [0.5, 0.6) is 5.75 Å². The Kier molecular flexibility index (Phi) is 7.93. The highest BCUT2D eigenvalue weighted by atomic mass is 19.4. The molecule has 1 rings (SSSR count). The molecule has 1 amide bonds. The molecule has 0 radical (unpaired) electrons. The molecule has 9 heteroatoms. The molecule has 3 N–H and O–H groups in total. The topological polar surface area (TPSA) is 90.6 Å². The first kappa shape index (κ1) is 21.3. The second kappa shape index (κ2) is 9.68. The number of hydrogen-bond acceptors (Lipinski definition) is 5. The Morgan fingerprint density at radius 2 is 1.88 bits per heavy atom. The molecule has 1 aromatic carbocycles. The molecule has 0 saturated carbocycles. The van der Waals surface area contributed by atoms with Gasteiger partial charge in [0.05, 0.1) is 6.61 Å². The van der Waals surface area contributed by atoms with Gasteiger partial charge in [0.2, 0.25) is 0 Å². The predicted molar refractivity (Wildman–Crippen MR) is 87.3 cm³/mol. The van der Waals surface area contributed by atoms with E-state index in [0.29, 0.717) is 5.75 Å². The number of hydrogen-bond donors (Lipinski definition) is 2. The Hall–Kier alpha value is -2.73. The highest BCUT2D eigenvalue weighted by Gasteiger charge is 2.46. The summed E-state index contributed by atoms with van der Waals surface area (Å²) in [5.41, 5.74) is 5.10. The highest BCUT2D eigenvalue weighted by Crippen LogP contribution is 2.22. The molecule has 0 spiro atoms. The molecule has 0 aliphatic heterocycles. The smallest absolute Gasteiger partial charge is 0.406 e. The molecular weight excluding hydrogens is 353 g/mol. The van der Waals surface area contributed by atoms with Crippen LogP contribution in [0.4, 0.5) is 13.2 Å². The third-order valence-electron chi connectivity index (χ3n) is 3.17. The van der Waals surface area contributed by atoms with Crippen molar-refractivity contribution in [2.45, 2.75) is 32.1 Å². The molecule has 0 aliphatic rings. The molecule has 6 nitrogen and oxygen atoms in total. The summed E-state index contributed by atoms with van der Waals surface area (Å²) < 4.78 is 48.4. The molecule has 0 bridgehead atoms. The Balaban J connectivity index is 2.88. The number of ether oxygens (including phenoxy) is 2. The number of alkyl halides is 3. The van der Waals surface area contributed by atoms with Crippen LogP contribution in [0.15, 0.2) is 24.3 Å². The monoisotopic (exact) mass is 372 g/mol. The van der Waals surface area contributed by atoms with Crippen molar-refractivity contribution in [3.05, 3.63) is 29.8 Å². The van der Waals surface area contributed by atoms with E-state index in [1.165, 1.54) is 31.2 Å². The van der Waals surface area contributed by atoms with E-state index in [1.807, 2.05) is 5.32 Å². The van der Waals surface area contributed by atoms with Crippen molar-refractivity contribution in [2.24, 2.45) is 5.73 Å². The van der Waals surface area contributed by atoms with Crippen LogP contribution in [-0.2, 0) is 9.53 Å². The van der Waals surface area contributed by atoms with Gasteiger partial charge in [0.15, 0.2) is 6.04 Å². The average Bonchev–Trinajstić information content (AvgIpc) is 2.59. The zero-order valence-corrected chi connectivity index (χ0v) is 14.2. The maximum Gasteiger partial charge on any atom is 0.406 e. The van der Waals surface area contributed by atoms with E-state index in [2.05, 4.69) is 16.6 Å². The summed E-state index contributed by atoms with van der Waals surface area (Å²) in [5, 5.41) is 1.97. The molecule has 0 aromatic heterocycles. The van der Waals surface area contributed by atoms with E-state index in [9.17, 15) is 22.8 Å². The van der Waals surface area contributed by atoms with E-state index in [4.69, 9.17) is 10.5 Å². The van der Waals surface area contributed by atoms with Gasteiger partial charge in [-0.25, -0.2) is 4.79 Å². The summed E-state index contributed by atoms with van der Waals surface area (Å²) in [4.78, 5) is 23.9. The minimum Gasteiger partial charge on any atom is -0.481 e. The van der Waals surface area contributed by atoms with E-state index >= 15 is 0 Å². The molecule has 0 fully saturated rings. The van der Waals surface area contributed by atoms with Crippen LogP contribution in [0.25, 0.3) is 0 Å². The van der Waals surface area contributed by atoms with Crippen LogP contribution < -0.4 is 15.8 Å². The number of carbonyl (C=O) groups is 2. The molecule has 26 heavy (non-hydrogen) atoms. The maximum absolute atomic E-state index is 12.8. The van der Waals surface area contributed by atoms with Crippen molar-refractivity contribution in [2.75, 3.05) is 13.2 Å². The van der Waals surface area contributed by atoms with E-state index in [0.717, 1.165) is 0 Å². The fraction of sp³-hybridized carbons (Fsp3) is 0.412. The molecule has 142 valence electrons. The first-order valence-corrected chi connectivity index (χ1v) is 7.63. The summed E-state index contributed by atoms with van der Waals surface area (Å²) in [7, 11) is 0. The lowest BCUT2D eigenvalue weighted by Crippen LogP contribution is -2.59. The summed E-state index contributed by atoms with van der Waals surface area (Å²) in [6.45, 7) is 3.09. The van der Waals surface area contributed by atoms with Crippen LogP contribution in [0.2, 0.25) is 0 Å². The SMILES string of the molecule is CC#CCOc1ccc(C(=O)N[C@H](C(=O)OCC)[C@@H](N)C(F)(F)F)cc1. The van der Waals surface area contributed by atoms with Crippen LogP contribution in [0.1, 0.15) is 24.2 Å². The van der Waals surface area contributed by atoms with Gasteiger partial charge in [0, 0.05) is 5.56 Å². The lowest BCUT2D eigenvalue weighted by Gasteiger charge is -2.25. The van der Waals surface area contributed by atoms with Crippen LogP contribution in [-0.4, -0.2) is 43.4 Å². The fourth-order valence-corrected chi connectivity index (χ4v) is 1.84. The molecule has 1 aromatic rings. The van der Waals surface area contributed by atoms with E-state index in [1.54, 1.807) is 6.92 Å². The van der Waals surface area contributed by atoms with Gasteiger partial charge in [0.1, 0.15) is 18.4 Å². The predicted octanol–water partition coefficient (Wildman–Crippen LogP) is 1.64. The minimum atomic E-state index is -4.89. The fourth-order valence-electron chi connectivity index (χ4n) is 1.84. The van der Waals surface area contributed by atoms with Gasteiger partial charge in [-0.1, -0.05) is 5.92 Å². The summed E-state index contributed by atoms with van der Waals surface area (Å²) in [6, 6.07) is 0.931. The normalized spacial score (nSPS) is 13.0. The van der Waals surface area contributed by atoms with Crippen molar-refractivity contribution in [1.29, 1.82) is 0 Å². The van der Waals surface area contributed by atoms with Crippen LogP contribution >= 0.6 is 0 Å². The minimum absolute atomic E-state index is 0.0302. The Morgan fingerprint density at radius 3 is 2.38 bits per heavy atom. The molecule has 0 unspecified atom stereocenters. The van der Waals surface area contributed by atoms with Crippen LogP contribution in [0.3, 0.4) is 0 Å². The van der Waals surface area contributed by atoms with E-state index < -0.39 is 30.1 Å². The number of esters is 1. The summed E-state index contributed by atoms with van der Waals surface area (Å²) in [5.74, 6) is 3.60. The summed E-state index contributed by atoms with van der Waals surface area (Å²) >= 11 is 0. The van der Waals surface area contributed by atoms with Crippen molar-refractivity contribution in [1.82, 2.24) is 5.32 Å². The van der Waals surface area contributed by atoms with E-state index in [-0.39, 0.29) is 18.8 Å². The molecular formula is C17H19F3N2O4. The quantitative estimate of drug-likeness (QED) is 0.561. The lowest BCUT2D eigenvalue weighted by atomic mass is 10.1. The third-order valence-corrected chi connectivity index (χ3v) is 3.17. The number of amides is 1. The lowest BCUT2D eigenvalue weighted by molar-refractivity contribution is -0.169. The number of benzene rings is 1. The molecule has 2 atom stereocenters. The number of halogens is 3. The zero-order chi connectivity index (χ0) is 19.7. The van der Waals surface area contributed by atoms with Gasteiger partial charge in [-0.2, -0.15) is 13.2 Å². The largest absolute Gasteiger partial charge is 0.481 e. The van der Waals surface area contributed by atoms with Crippen molar-refractivity contribution >= 4 is 11.9 Å². The van der Waals surface area contributed by atoms with Gasteiger partial charge in [-0.15, -0.1) is 5.92 Å². The van der Waals surface area contributed by atoms with Crippen molar-refractivity contribution in [3.8, 4) is 17.6 Å². The number of nitrogens with one attached hydrogen (secondary N) is 1. The average molecular weight is 372 g/mol. The standard InChI is InChI=1S/C17H19F3N2O4/c1-3-5-10-26-12-8-6-11(7-9-12)15(23)22-13(16(24)25-4-2)14(21)17(18,19)20/h6-9,13-14H,4,10,21H2,1-2H3,(H,22,23)/t13-,14+/m0/s1. The Morgan fingerprint density at radius 1 is 1.27 bits per heavy atom. The van der Waals surface area contributed by atoms with Crippen molar-refractivity contribution < 1.29 is 32.2 Å². The number of nitrogens with two attached hydrogens (primary N) is 1. The second-order valence-corrected chi connectivity index (χ2v) is 5.01. The first-order valence-electron chi connectivity index (χ1n) is 7.63. The molecule has 0 aliphatic carbocycles.